The molecular formula is C15H20N4O. The van der Waals surface area contributed by atoms with E-state index in [4.69, 9.17) is 0 Å². The highest BCUT2D eigenvalue weighted by atomic mass is 16.2. The third kappa shape index (κ3) is 2.71. The van der Waals surface area contributed by atoms with E-state index in [1.807, 2.05) is 46.0 Å². The van der Waals surface area contributed by atoms with E-state index in [0.717, 1.165) is 17.1 Å². The van der Waals surface area contributed by atoms with E-state index < -0.39 is 5.41 Å². The lowest BCUT2D eigenvalue weighted by atomic mass is 9.95. The zero-order valence-corrected chi connectivity index (χ0v) is 12.6. The van der Waals surface area contributed by atoms with Gasteiger partial charge in [-0.15, -0.1) is 0 Å². The fourth-order valence-corrected chi connectivity index (χ4v) is 2.00. The molecule has 0 aliphatic heterocycles. The lowest BCUT2D eigenvalue weighted by Crippen LogP contribution is -2.43. The molecule has 2 aromatic heterocycles. The minimum Gasteiger partial charge on any atom is -0.272 e. The minimum absolute atomic E-state index is 0.0377. The maximum Gasteiger partial charge on any atom is 0.246 e. The summed E-state index contributed by atoms with van der Waals surface area (Å²) < 4.78 is 1.77. The van der Waals surface area contributed by atoms with Crippen molar-refractivity contribution >= 4 is 5.91 Å². The number of aryl methyl sites for hydroxylation is 1. The fraction of sp³-hybridized carbons (Fsp3) is 0.400. The zero-order valence-electron chi connectivity index (χ0n) is 12.6. The highest BCUT2D eigenvalue weighted by Crippen LogP contribution is 2.20. The number of pyridine rings is 1. The van der Waals surface area contributed by atoms with Gasteiger partial charge in [0, 0.05) is 30.4 Å². The summed E-state index contributed by atoms with van der Waals surface area (Å²) in [5.41, 5.74) is 1.31. The first-order valence-corrected chi connectivity index (χ1v) is 6.55. The van der Waals surface area contributed by atoms with Crippen molar-refractivity contribution in [2.75, 3.05) is 12.1 Å². The number of aromatic nitrogens is 3. The molecule has 0 atom stereocenters. The molecule has 2 heterocycles. The van der Waals surface area contributed by atoms with Crippen molar-refractivity contribution in [3.8, 4) is 11.3 Å². The van der Waals surface area contributed by atoms with E-state index in [1.165, 1.54) is 0 Å². The molecule has 0 spiro atoms. The van der Waals surface area contributed by atoms with Crippen LogP contribution in [0.15, 0.2) is 30.7 Å². The van der Waals surface area contributed by atoms with Gasteiger partial charge in [0.1, 0.15) is 5.82 Å². The van der Waals surface area contributed by atoms with Gasteiger partial charge in [0.25, 0.3) is 0 Å². The van der Waals surface area contributed by atoms with Crippen molar-refractivity contribution in [1.82, 2.24) is 14.6 Å². The van der Waals surface area contributed by atoms with Crippen molar-refractivity contribution in [1.29, 1.82) is 0 Å². The molecule has 0 saturated carbocycles. The standard InChI is InChI=1S/C15H20N4O/c1-11-17-13(12-7-6-8-16-9-12)10-19(11)18(5)14(20)15(2,3)4/h6-10H,1-5H3. The molecule has 0 saturated heterocycles. The summed E-state index contributed by atoms with van der Waals surface area (Å²) in [5.74, 6) is 0.805. The molecule has 0 unspecified atom stereocenters. The SMILES string of the molecule is Cc1nc(-c2cccnc2)cn1N(C)C(=O)C(C)(C)C. The Balaban J connectivity index is 2.36. The second kappa shape index (κ2) is 5.07. The maximum atomic E-state index is 12.3. The van der Waals surface area contributed by atoms with Gasteiger partial charge in [0.15, 0.2) is 0 Å². The van der Waals surface area contributed by atoms with Crippen LogP contribution in [0.5, 0.6) is 0 Å². The van der Waals surface area contributed by atoms with Crippen LogP contribution in [-0.2, 0) is 4.79 Å². The Morgan fingerprint density at radius 3 is 2.60 bits per heavy atom. The first-order chi connectivity index (χ1) is 9.30. The summed E-state index contributed by atoms with van der Waals surface area (Å²) in [5, 5.41) is 1.60. The predicted molar refractivity (Wildman–Crippen MR) is 78.8 cm³/mol. The number of hydrogen-bond acceptors (Lipinski definition) is 3. The van der Waals surface area contributed by atoms with Gasteiger partial charge < -0.3 is 0 Å². The zero-order chi connectivity index (χ0) is 14.9. The van der Waals surface area contributed by atoms with E-state index in [2.05, 4.69) is 9.97 Å². The Morgan fingerprint density at radius 2 is 2.05 bits per heavy atom. The van der Waals surface area contributed by atoms with E-state index in [1.54, 1.807) is 29.1 Å². The van der Waals surface area contributed by atoms with Crippen LogP contribution in [0.3, 0.4) is 0 Å². The highest BCUT2D eigenvalue weighted by Gasteiger charge is 2.27. The number of carbonyl (C=O) groups excluding carboxylic acids is 1. The lowest BCUT2D eigenvalue weighted by molar-refractivity contribution is -0.127. The molecule has 5 nitrogen and oxygen atoms in total. The van der Waals surface area contributed by atoms with Crippen LogP contribution in [0.2, 0.25) is 0 Å². The van der Waals surface area contributed by atoms with Crippen molar-refractivity contribution in [3.63, 3.8) is 0 Å². The van der Waals surface area contributed by atoms with Gasteiger partial charge in [-0.2, -0.15) is 0 Å². The Bertz CT molecular complexity index is 611. The molecule has 0 aromatic carbocycles. The van der Waals surface area contributed by atoms with Gasteiger partial charge in [-0.25, -0.2) is 9.66 Å². The van der Waals surface area contributed by atoms with Crippen LogP contribution in [0.1, 0.15) is 26.6 Å². The summed E-state index contributed by atoms with van der Waals surface area (Å²) in [6.07, 6.45) is 5.34. The quantitative estimate of drug-likeness (QED) is 0.843. The smallest absolute Gasteiger partial charge is 0.246 e. The van der Waals surface area contributed by atoms with Crippen LogP contribution in [-0.4, -0.2) is 27.6 Å². The summed E-state index contributed by atoms with van der Waals surface area (Å²) in [4.78, 5) is 20.9. The van der Waals surface area contributed by atoms with Crippen LogP contribution in [0.25, 0.3) is 11.3 Å². The Morgan fingerprint density at radius 1 is 1.35 bits per heavy atom. The third-order valence-corrected chi connectivity index (χ3v) is 3.07. The van der Waals surface area contributed by atoms with Crippen LogP contribution < -0.4 is 5.01 Å². The first-order valence-electron chi connectivity index (χ1n) is 6.55. The van der Waals surface area contributed by atoms with Gasteiger partial charge in [0.2, 0.25) is 5.91 Å². The van der Waals surface area contributed by atoms with Gasteiger partial charge in [0.05, 0.1) is 11.9 Å². The number of amides is 1. The number of nitrogens with zero attached hydrogens (tertiary/aromatic N) is 4. The van der Waals surface area contributed by atoms with E-state index in [-0.39, 0.29) is 5.91 Å². The van der Waals surface area contributed by atoms with Crippen LogP contribution in [0.4, 0.5) is 0 Å². The van der Waals surface area contributed by atoms with E-state index in [0.29, 0.717) is 0 Å². The van der Waals surface area contributed by atoms with Crippen molar-refractivity contribution in [3.05, 3.63) is 36.5 Å². The second-order valence-corrected chi connectivity index (χ2v) is 5.84. The number of rotatable bonds is 2. The summed E-state index contributed by atoms with van der Waals surface area (Å²) >= 11 is 0. The van der Waals surface area contributed by atoms with Crippen molar-refractivity contribution in [2.24, 2.45) is 5.41 Å². The average Bonchev–Trinajstić information content (AvgIpc) is 2.79. The molecule has 106 valence electrons. The lowest BCUT2D eigenvalue weighted by Gasteiger charge is -2.27. The monoisotopic (exact) mass is 272 g/mol. The molecule has 20 heavy (non-hydrogen) atoms. The molecule has 0 aliphatic carbocycles. The Labute approximate surface area is 119 Å². The number of imidazole rings is 1. The Kier molecular flexibility index (Phi) is 3.61. The normalized spacial score (nSPS) is 11.4. The number of carbonyl (C=O) groups is 1. The molecule has 0 radical (unpaired) electrons. The fourth-order valence-electron chi connectivity index (χ4n) is 2.00. The molecule has 0 fully saturated rings. The summed E-state index contributed by atoms with van der Waals surface area (Å²) in [6, 6.07) is 3.82. The molecule has 0 N–H and O–H groups in total. The Hall–Kier alpha value is -2.17. The topological polar surface area (TPSA) is 51.0 Å². The third-order valence-electron chi connectivity index (χ3n) is 3.07. The number of hydrogen-bond donors (Lipinski definition) is 0. The van der Waals surface area contributed by atoms with Crippen molar-refractivity contribution < 1.29 is 4.79 Å². The molecule has 2 rings (SSSR count). The largest absolute Gasteiger partial charge is 0.272 e. The van der Waals surface area contributed by atoms with Crippen LogP contribution in [0, 0.1) is 12.3 Å². The van der Waals surface area contributed by atoms with E-state index in [9.17, 15) is 4.79 Å². The van der Waals surface area contributed by atoms with Gasteiger partial charge >= 0.3 is 0 Å². The van der Waals surface area contributed by atoms with E-state index >= 15 is 0 Å². The van der Waals surface area contributed by atoms with Gasteiger partial charge in [-0.05, 0) is 19.1 Å². The average molecular weight is 272 g/mol. The maximum absolute atomic E-state index is 12.3. The van der Waals surface area contributed by atoms with Gasteiger partial charge in [-0.3, -0.25) is 14.8 Å². The van der Waals surface area contributed by atoms with Crippen molar-refractivity contribution in [2.45, 2.75) is 27.7 Å². The van der Waals surface area contributed by atoms with Gasteiger partial charge in [-0.1, -0.05) is 20.8 Å². The molecule has 1 amide bonds. The first kappa shape index (κ1) is 14.2. The van der Waals surface area contributed by atoms with Crippen LogP contribution >= 0.6 is 0 Å². The molecule has 5 heteroatoms. The molecule has 2 aromatic rings. The summed E-state index contributed by atoms with van der Waals surface area (Å²) in [6.45, 7) is 7.59. The highest BCUT2D eigenvalue weighted by molar-refractivity contribution is 5.90. The second-order valence-electron chi connectivity index (χ2n) is 5.84. The minimum atomic E-state index is -0.431. The molecule has 0 aliphatic rings. The predicted octanol–water partition coefficient (Wildman–Crippen LogP) is 2.39. The molecule has 0 bridgehead atoms. The summed E-state index contributed by atoms with van der Waals surface area (Å²) in [7, 11) is 1.76. The molecular weight excluding hydrogens is 252 g/mol.